The number of carbonyl (C=O) groups is 2. The van der Waals surface area contributed by atoms with Crippen LogP contribution in [-0.4, -0.2) is 16.5 Å². The zero-order valence-corrected chi connectivity index (χ0v) is 11.6. The Morgan fingerprint density at radius 3 is 2.38 bits per heavy atom. The number of amides is 2. The van der Waals surface area contributed by atoms with Gasteiger partial charge in [-0.3, -0.25) is 9.59 Å². The maximum atomic E-state index is 13.6. The summed E-state index contributed by atoms with van der Waals surface area (Å²) in [5.74, 6) is -0.865. The van der Waals surface area contributed by atoms with Gasteiger partial charge >= 0.3 is 0 Å². The molecule has 3 rings (SSSR count). The van der Waals surface area contributed by atoms with Gasteiger partial charge in [0.15, 0.2) is 5.37 Å². The molecule has 0 aliphatic carbocycles. The maximum absolute atomic E-state index is 13.6. The van der Waals surface area contributed by atoms with Crippen LogP contribution >= 0.6 is 11.8 Å². The molecule has 0 aromatic heterocycles. The van der Waals surface area contributed by atoms with Gasteiger partial charge in [0, 0.05) is 0 Å². The van der Waals surface area contributed by atoms with Crippen molar-refractivity contribution in [2.45, 2.75) is 5.37 Å². The van der Waals surface area contributed by atoms with Gasteiger partial charge in [-0.2, -0.15) is 0 Å². The standard InChI is InChI=1S/C15H11FN2O2S/c16-11-8-4-5-9-12(11)17-13-14(19)18(15(20)21-13)10-6-2-1-3-7-10/h1-9,13,17H/t13-/m0/s1. The van der Waals surface area contributed by atoms with Gasteiger partial charge in [-0.05, 0) is 36.0 Å². The number of rotatable bonds is 3. The molecule has 1 N–H and O–H groups in total. The number of thioether (sulfide) groups is 1. The van der Waals surface area contributed by atoms with Gasteiger partial charge in [0.2, 0.25) is 0 Å². The molecule has 6 heteroatoms. The van der Waals surface area contributed by atoms with E-state index < -0.39 is 17.1 Å². The van der Waals surface area contributed by atoms with Crippen LogP contribution in [0.15, 0.2) is 54.6 Å². The molecule has 106 valence electrons. The summed E-state index contributed by atoms with van der Waals surface area (Å²) in [6.45, 7) is 0. The number of para-hydroxylation sites is 2. The number of anilines is 2. The van der Waals surface area contributed by atoms with Crippen LogP contribution in [0, 0.1) is 5.82 Å². The summed E-state index contributed by atoms with van der Waals surface area (Å²) in [4.78, 5) is 25.4. The number of benzene rings is 2. The molecule has 0 radical (unpaired) electrons. The zero-order chi connectivity index (χ0) is 14.8. The molecule has 1 heterocycles. The third kappa shape index (κ3) is 2.62. The lowest BCUT2D eigenvalue weighted by atomic mass is 10.3. The van der Waals surface area contributed by atoms with E-state index in [4.69, 9.17) is 0 Å². The summed E-state index contributed by atoms with van der Waals surface area (Å²) in [6, 6.07) is 14.7. The summed E-state index contributed by atoms with van der Waals surface area (Å²) in [5.41, 5.74) is 0.712. The first kappa shape index (κ1) is 13.6. The lowest BCUT2D eigenvalue weighted by Gasteiger charge is -2.15. The van der Waals surface area contributed by atoms with Crippen LogP contribution in [0.1, 0.15) is 0 Å². The molecule has 0 bridgehead atoms. The minimum atomic E-state index is -0.824. The average molecular weight is 302 g/mol. The number of nitrogens with one attached hydrogen (secondary N) is 1. The molecule has 1 atom stereocenters. The normalized spacial score (nSPS) is 18.1. The molecule has 1 aliphatic heterocycles. The van der Waals surface area contributed by atoms with Crippen LogP contribution in [0.3, 0.4) is 0 Å². The van der Waals surface area contributed by atoms with Crippen LogP contribution in [0.25, 0.3) is 0 Å². The van der Waals surface area contributed by atoms with E-state index in [-0.39, 0.29) is 10.9 Å². The lowest BCUT2D eigenvalue weighted by molar-refractivity contribution is -0.116. The van der Waals surface area contributed by atoms with Gasteiger partial charge < -0.3 is 5.32 Å². The highest BCUT2D eigenvalue weighted by Crippen LogP contribution is 2.32. The molecule has 1 saturated heterocycles. The summed E-state index contributed by atoms with van der Waals surface area (Å²) < 4.78 is 13.6. The molecule has 0 unspecified atom stereocenters. The van der Waals surface area contributed by atoms with Crippen molar-refractivity contribution in [2.24, 2.45) is 0 Å². The molecule has 0 saturated carbocycles. The number of imide groups is 1. The first-order chi connectivity index (χ1) is 10.2. The first-order valence-corrected chi connectivity index (χ1v) is 7.15. The number of carbonyl (C=O) groups excluding carboxylic acids is 2. The highest BCUT2D eigenvalue weighted by molar-refractivity contribution is 8.16. The predicted octanol–water partition coefficient (Wildman–Crippen LogP) is 3.46. The van der Waals surface area contributed by atoms with Crippen molar-refractivity contribution in [2.75, 3.05) is 10.2 Å². The van der Waals surface area contributed by atoms with Gasteiger partial charge in [-0.15, -0.1) is 0 Å². The Morgan fingerprint density at radius 2 is 1.67 bits per heavy atom. The van der Waals surface area contributed by atoms with Gasteiger partial charge in [-0.25, -0.2) is 9.29 Å². The monoisotopic (exact) mass is 302 g/mol. The van der Waals surface area contributed by atoms with Crippen molar-refractivity contribution in [3.63, 3.8) is 0 Å². The molecule has 2 amide bonds. The van der Waals surface area contributed by atoms with Gasteiger partial charge in [-0.1, -0.05) is 30.3 Å². The molecule has 1 aliphatic rings. The predicted molar refractivity (Wildman–Crippen MR) is 80.7 cm³/mol. The van der Waals surface area contributed by atoms with Crippen molar-refractivity contribution in [1.82, 2.24) is 0 Å². The van der Waals surface area contributed by atoms with Crippen molar-refractivity contribution in [1.29, 1.82) is 0 Å². The fourth-order valence-corrected chi connectivity index (χ4v) is 2.93. The lowest BCUT2D eigenvalue weighted by Crippen LogP contribution is -2.34. The van der Waals surface area contributed by atoms with E-state index in [1.807, 2.05) is 0 Å². The van der Waals surface area contributed by atoms with Crippen molar-refractivity contribution in [3.8, 4) is 0 Å². The number of halogens is 1. The highest BCUT2D eigenvalue weighted by atomic mass is 32.2. The topological polar surface area (TPSA) is 49.4 Å². The third-order valence-corrected chi connectivity index (χ3v) is 3.96. The second kappa shape index (κ2) is 5.57. The van der Waals surface area contributed by atoms with E-state index in [0.29, 0.717) is 5.69 Å². The van der Waals surface area contributed by atoms with Crippen molar-refractivity contribution in [3.05, 3.63) is 60.4 Å². The number of hydrogen-bond donors (Lipinski definition) is 1. The molecule has 21 heavy (non-hydrogen) atoms. The van der Waals surface area contributed by atoms with E-state index >= 15 is 0 Å². The summed E-state index contributed by atoms with van der Waals surface area (Å²) in [6.07, 6.45) is 0. The van der Waals surface area contributed by atoms with Crippen LogP contribution in [-0.2, 0) is 4.79 Å². The van der Waals surface area contributed by atoms with Crippen LogP contribution in [0.4, 0.5) is 20.6 Å². The van der Waals surface area contributed by atoms with Crippen molar-refractivity contribution < 1.29 is 14.0 Å². The zero-order valence-electron chi connectivity index (χ0n) is 10.8. The quantitative estimate of drug-likeness (QED) is 0.943. The van der Waals surface area contributed by atoms with Crippen LogP contribution in [0.2, 0.25) is 0 Å². The number of nitrogens with zero attached hydrogens (tertiary/aromatic N) is 1. The molecular weight excluding hydrogens is 291 g/mol. The van der Waals surface area contributed by atoms with E-state index in [1.165, 1.54) is 12.1 Å². The maximum Gasteiger partial charge on any atom is 0.295 e. The molecule has 2 aromatic rings. The van der Waals surface area contributed by atoms with Crippen LogP contribution < -0.4 is 10.2 Å². The van der Waals surface area contributed by atoms with Gasteiger partial charge in [0.05, 0.1) is 11.4 Å². The van der Waals surface area contributed by atoms with Gasteiger partial charge in [0.25, 0.3) is 11.1 Å². The third-order valence-electron chi connectivity index (χ3n) is 3.02. The Kier molecular flexibility index (Phi) is 3.62. The molecule has 2 aromatic carbocycles. The van der Waals surface area contributed by atoms with E-state index in [9.17, 15) is 14.0 Å². The Balaban J connectivity index is 1.83. The molecule has 0 spiro atoms. The smallest absolute Gasteiger partial charge is 0.295 e. The molecule has 1 fully saturated rings. The second-order valence-electron chi connectivity index (χ2n) is 4.40. The minimum absolute atomic E-state index is 0.200. The highest BCUT2D eigenvalue weighted by Gasteiger charge is 2.40. The Hall–Kier alpha value is -2.34. The van der Waals surface area contributed by atoms with Crippen LogP contribution in [0.5, 0.6) is 0 Å². The minimum Gasteiger partial charge on any atom is -0.363 e. The second-order valence-corrected chi connectivity index (χ2v) is 5.45. The summed E-state index contributed by atoms with van der Waals surface area (Å²) >= 11 is 0.840. The average Bonchev–Trinajstić information content (AvgIpc) is 2.77. The van der Waals surface area contributed by atoms with Crippen molar-refractivity contribution >= 4 is 34.3 Å². The summed E-state index contributed by atoms with van der Waals surface area (Å²) in [5, 5.41) is 1.57. The van der Waals surface area contributed by atoms with E-state index in [1.54, 1.807) is 42.5 Å². The molecular formula is C15H11FN2O2S. The largest absolute Gasteiger partial charge is 0.363 e. The Bertz CT molecular complexity index is 693. The first-order valence-electron chi connectivity index (χ1n) is 6.27. The Morgan fingerprint density at radius 1 is 1.00 bits per heavy atom. The van der Waals surface area contributed by atoms with Gasteiger partial charge in [0.1, 0.15) is 5.82 Å². The fourth-order valence-electron chi connectivity index (χ4n) is 2.03. The fraction of sp³-hybridized carbons (Fsp3) is 0.0667. The molecule has 4 nitrogen and oxygen atoms in total. The van der Waals surface area contributed by atoms with E-state index in [2.05, 4.69) is 5.32 Å². The number of hydrogen-bond acceptors (Lipinski definition) is 4. The van der Waals surface area contributed by atoms with E-state index in [0.717, 1.165) is 16.7 Å². The SMILES string of the molecule is O=C1S[C@H](Nc2ccccc2F)C(=O)N1c1ccccc1. The summed E-state index contributed by atoms with van der Waals surface area (Å²) in [7, 11) is 0. The Labute approximate surface area is 124 Å².